The summed E-state index contributed by atoms with van der Waals surface area (Å²) in [4.78, 5) is 209. The lowest BCUT2D eigenvalue weighted by molar-refractivity contribution is -0.162. The quantitative estimate of drug-likeness (QED) is 0.00988. The van der Waals surface area contributed by atoms with Gasteiger partial charge in [-0.2, -0.15) is 20.9 Å². The highest BCUT2D eigenvalue weighted by atomic mass is 35.6. The topological polar surface area (TPSA) is 596 Å². The monoisotopic (exact) mass is 2160 g/mol. The second kappa shape index (κ2) is 48.7. The Morgan fingerprint density at radius 3 is 0.986 bits per heavy atom. The van der Waals surface area contributed by atoms with Gasteiger partial charge in [0.25, 0.3) is 0 Å². The fraction of sp³-hybridized carbons (Fsp3) is 0.720. The summed E-state index contributed by atoms with van der Waals surface area (Å²) in [7, 11) is -6.88. The van der Waals surface area contributed by atoms with Gasteiger partial charge < -0.3 is 82.0 Å². The van der Waals surface area contributed by atoms with E-state index >= 15 is 0 Å². The maximum absolute atomic E-state index is 13.3. The lowest BCUT2D eigenvalue weighted by Crippen LogP contribution is -2.80. The minimum atomic E-state index is -2.34. The smallest absolute Gasteiger partial charge is 0.425 e. The molecule has 8 heterocycles. The van der Waals surface area contributed by atoms with Gasteiger partial charge in [-0.3, -0.25) is 44.2 Å². The van der Waals surface area contributed by atoms with Gasteiger partial charge in [-0.1, -0.05) is 199 Å². The van der Waals surface area contributed by atoms with E-state index < -0.39 is 198 Å². The minimum Gasteiger partial charge on any atom is -0.480 e. The average molecular weight is 2170 g/mol. The van der Waals surface area contributed by atoms with Crippen LogP contribution >= 0.6 is 11.1 Å². The molecular weight excluding hydrogens is 2000 g/mol. The molecule has 0 saturated carbocycles. The van der Waals surface area contributed by atoms with E-state index in [1.165, 1.54) is 57.5 Å². The number of carbonyl (C=O) groups is 16. The molecule has 145 heavy (non-hydrogen) atoms. The number of methoxy groups -OCH3 is 4. The van der Waals surface area contributed by atoms with Crippen molar-refractivity contribution in [2.45, 2.75) is 406 Å². The van der Waals surface area contributed by atoms with Crippen LogP contribution in [0.1, 0.15) is 204 Å². The normalized spacial score (nSPS) is 20.8. The van der Waals surface area contributed by atoms with Crippen molar-refractivity contribution in [2.75, 3.05) is 38.2 Å². The van der Waals surface area contributed by atoms with Gasteiger partial charge >= 0.3 is 60.2 Å². The predicted molar refractivity (Wildman–Crippen MR) is 562 cm³/mol. The number of imide groups is 2. The molecule has 52 heteroatoms. The van der Waals surface area contributed by atoms with Crippen LogP contribution in [0.25, 0.3) is 20.9 Å². The highest BCUT2D eigenvalue weighted by molar-refractivity contribution is 7.18. The first-order valence-corrected chi connectivity index (χ1v) is 66.5. The number of nitrogens with one attached hydrogen (secondary N) is 3. The Kier molecular flexibility index (Phi) is 43.8. The molecule has 2 aromatic heterocycles. The molecule has 0 aliphatic carbocycles. The van der Waals surface area contributed by atoms with Gasteiger partial charge in [-0.15, -0.1) is 0 Å². The summed E-state index contributed by atoms with van der Waals surface area (Å²) in [6.45, 7) is 77.9. The molecule has 10 amide bonds. The molecule has 7 N–H and O–H groups in total. The molecule has 0 bridgehead atoms. The molecule has 6 aliphatic rings. The summed E-state index contributed by atoms with van der Waals surface area (Å²) in [6, 6.07) is -2.50. The third-order valence-corrected chi connectivity index (χ3v) is 53.5. The molecule has 8 rings (SSSR count). The predicted octanol–water partition coefficient (Wildman–Crippen LogP) is 15.0. The Hall–Kier alpha value is -10.5. The SMILES string of the molecule is CC(C)(C)[Si](C)(C)N1C(=O)C[C@H]1C(=O)O.CC(C)(C)[Si](C)(C)N1C(=O)[C@H](N=[N+]=[N-])[C@H]1C(=O)O.COC(=O)[C@@H]1[C@@H](N)C(=O)N1[Si](C)(C)C(C)(C)C.COC(=O)[C@@H]1[C@@H](N=[N+]=[N-])C(=O)N1[Si](C)(C)C(C)(C)C.COC(=O)[C@@H]1[C@@H](NCc2ccnc(N(C(=O)OC(C)(C)C)C(=O)OC(C)(C)C)c2)C(=O)N1[Si](C)(C)C(C)(C)C.COC(=O)[C@H]1NC(=O)[C@@H]1NCc1ccnc(N(C(=O)OC(C)(C)C)C(=O)OC(C)(C)C)c1.C[Si](C)(C)Cl. The number of hydrogen-bond donors (Lipinski definition) is 6. The molecule has 45 nitrogen and oxygen atoms in total. The van der Waals surface area contributed by atoms with Crippen molar-refractivity contribution in [1.82, 2.24) is 48.7 Å². The molecule has 2 aromatic rings. The van der Waals surface area contributed by atoms with Crippen LogP contribution in [0, 0.1) is 0 Å². The number of amides is 10. The first kappa shape index (κ1) is 131. The zero-order valence-electron chi connectivity index (χ0n) is 93.3. The van der Waals surface area contributed by atoms with E-state index in [0.29, 0.717) is 16.0 Å². The third kappa shape index (κ3) is 33.0. The molecule has 0 spiro atoms. The molecule has 0 unspecified atom stereocenters. The fourth-order valence-corrected chi connectivity index (χ4v) is 25.8. The molecule has 0 radical (unpaired) electrons. The van der Waals surface area contributed by atoms with Crippen molar-refractivity contribution < 1.29 is 125 Å². The van der Waals surface area contributed by atoms with Crippen molar-refractivity contribution in [3.8, 4) is 0 Å². The van der Waals surface area contributed by atoms with Crippen LogP contribution in [-0.2, 0) is 109 Å². The number of hydrogen-bond acceptors (Lipinski definition) is 31. The molecule has 6 aliphatic heterocycles. The van der Waals surface area contributed by atoms with Crippen LogP contribution in [0.5, 0.6) is 0 Å². The fourth-order valence-electron chi connectivity index (χ4n) is 13.9. The molecule has 816 valence electrons. The van der Waals surface area contributed by atoms with E-state index in [1.54, 1.807) is 113 Å². The summed E-state index contributed by atoms with van der Waals surface area (Å²) in [5.74, 6) is -5.24. The number of pyridine rings is 2. The van der Waals surface area contributed by atoms with E-state index in [-0.39, 0.29) is 91.8 Å². The standard InChI is InChI=1S/C27H44N4O7Si.C21H30N4O7.C11H20N4O3Si.C11H22N2O3Si.C10H18N4O3Si.C10H19NO3Si.C3H9ClSi/c1-25(2,3)37-23(34)30(24(35)38-26(4,5)6)18-15-17(13-14-28-18)16-29-19-20(22(33)36-10)31(21(19)32)39(11,12)27(7,8)9;1-20(2,3)31-18(28)25(19(29)32-21(4,5)6)13-10-12(8-9-22-13)11-23-14-15(17(27)30-7)24-16(14)26;1-11(2,3)19(5,6)15-8(10(17)18-4)7(9(15)16)13-14-12;1-11(2,3)17(5,6)13-8(10(15)16-4)7(12)9(13)14;1-10(2,3)18(4,5)14-7(9(16)17)6(8(14)15)12-13-11;1-10(2,3)15(4,5)11-7(9(13)14)6-8(11)12;1-5(2,3)4/h13-15,19-20,29H,16H2,1-12H3;8-10,14-15,23H,11H2,1-7H3,(H,24,26);7-8H,1-6H3;7-8H,12H2,1-6H3;6-7H,1-5H3,(H,16,17);7H,6H2,1-5H3,(H,13,14);1-3H3/t19-,20+;14-,15+;2*7-,8+;6-,7+;7-;/m111110./s1. The lowest BCUT2D eigenvalue weighted by atomic mass is 9.98. The van der Waals surface area contributed by atoms with Crippen LogP contribution in [0.2, 0.25) is 110 Å². The Labute approximate surface area is 864 Å². The second-order valence-electron chi connectivity index (χ2n) is 48.1. The third-order valence-electron chi connectivity index (χ3n) is 26.5. The van der Waals surface area contributed by atoms with Gasteiger partial charge in [-0.25, -0.2) is 53.1 Å². The summed E-state index contributed by atoms with van der Waals surface area (Å²) < 4.78 is 48.7. The number of ether oxygens (including phenoxy) is 8. The van der Waals surface area contributed by atoms with E-state index in [9.17, 15) is 81.8 Å². The van der Waals surface area contributed by atoms with Crippen LogP contribution < -0.4 is 31.5 Å². The first-order valence-electron chi connectivity index (χ1n) is 47.2. The van der Waals surface area contributed by atoms with Crippen LogP contribution in [-0.4, -0.2) is 305 Å². The number of azide groups is 2. The zero-order valence-corrected chi connectivity index (χ0v) is 100. The Balaban J connectivity index is 0.000000603. The van der Waals surface area contributed by atoms with Crippen molar-refractivity contribution in [3.05, 3.63) is 68.7 Å². The van der Waals surface area contributed by atoms with Gasteiger partial charge in [0.1, 0.15) is 102 Å². The van der Waals surface area contributed by atoms with E-state index in [2.05, 4.69) is 172 Å². The summed E-state index contributed by atoms with van der Waals surface area (Å²) in [5.41, 5.74) is 20.4. The summed E-state index contributed by atoms with van der Waals surface area (Å²) in [5, 5.41) is 33.0. The Morgan fingerprint density at radius 2 is 0.710 bits per heavy atom. The molecule has 11 atom stereocenters. The van der Waals surface area contributed by atoms with Gasteiger partial charge in [0.05, 0.1) is 34.9 Å². The van der Waals surface area contributed by atoms with Crippen LogP contribution in [0.4, 0.5) is 30.8 Å². The largest absolute Gasteiger partial charge is 0.480 e. The van der Waals surface area contributed by atoms with Crippen LogP contribution in [0.3, 0.4) is 0 Å². The number of aromatic nitrogens is 2. The van der Waals surface area contributed by atoms with Crippen molar-refractivity contribution in [3.63, 3.8) is 0 Å². The van der Waals surface area contributed by atoms with Gasteiger partial charge in [0.2, 0.25) is 35.4 Å². The zero-order chi connectivity index (χ0) is 114. The van der Waals surface area contributed by atoms with E-state index in [1.807, 2.05) is 67.7 Å². The maximum Gasteiger partial charge on any atom is 0.425 e. The lowest BCUT2D eigenvalue weighted by Gasteiger charge is -2.57. The second-order valence-corrected chi connectivity index (χ2v) is 81.2. The number of nitrogens with zero attached hydrogens (tertiary/aromatic N) is 15. The van der Waals surface area contributed by atoms with Crippen molar-refractivity contribution >= 4 is 167 Å². The molecule has 6 fully saturated rings. The van der Waals surface area contributed by atoms with Gasteiger partial charge in [-0.05, 0) is 155 Å². The van der Waals surface area contributed by atoms with Crippen molar-refractivity contribution in [1.29, 1.82) is 0 Å². The number of rotatable bonds is 21. The average Bonchev–Trinajstić information content (AvgIpc) is 0.729. The van der Waals surface area contributed by atoms with E-state index in [0.717, 1.165) is 4.90 Å². The number of esters is 4. The number of halogens is 1. The van der Waals surface area contributed by atoms with Crippen LogP contribution in [0.15, 0.2) is 46.9 Å². The first-order chi connectivity index (χ1) is 65.1. The van der Waals surface area contributed by atoms with Gasteiger partial charge in [0.15, 0.2) is 47.2 Å². The Bertz CT molecular complexity index is 5120. The Morgan fingerprint density at radius 1 is 0.434 bits per heavy atom. The number of carboxylic acids is 2. The number of carboxylic acid groups (broad SMARTS) is 2. The number of carbonyl (C=O) groups excluding carboxylic acids is 14. The maximum atomic E-state index is 13.3. The molecule has 0 aromatic carbocycles. The number of β-lactam (4-membered cyclic amide) rings is 6. The number of anilines is 2. The van der Waals surface area contributed by atoms with Crippen molar-refractivity contribution in [2.24, 2.45) is 16.0 Å². The summed E-state index contributed by atoms with van der Waals surface area (Å²) >= 11 is 5.67. The highest BCUT2D eigenvalue weighted by Gasteiger charge is 2.65. The minimum absolute atomic E-state index is 0.00319. The highest BCUT2D eigenvalue weighted by Crippen LogP contribution is 2.49. The molecular formula is C93H162ClN19O26Si6. The number of nitrogens with two attached hydrogens (primary N) is 1. The number of aliphatic carboxylic acids is 2. The van der Waals surface area contributed by atoms with Gasteiger partial charge in [0, 0.05) is 35.3 Å². The van der Waals surface area contributed by atoms with E-state index in [4.69, 9.17) is 66.1 Å². The summed E-state index contributed by atoms with van der Waals surface area (Å²) in [6.07, 6.45) is -0.717. The molecule has 6 saturated heterocycles.